The maximum absolute atomic E-state index is 14.7. The van der Waals surface area contributed by atoms with Gasteiger partial charge in [-0.2, -0.15) is 54.0 Å². The molecule has 3 fully saturated rings. The van der Waals surface area contributed by atoms with Crippen molar-refractivity contribution in [3.05, 3.63) is 70.3 Å². The van der Waals surface area contributed by atoms with Crippen LogP contribution in [0.3, 0.4) is 0 Å². The van der Waals surface area contributed by atoms with E-state index < -0.39 is 48.0 Å². The number of carbonyl (C=O) groups is 5. The van der Waals surface area contributed by atoms with Gasteiger partial charge in [-0.05, 0) is 87.8 Å². The largest absolute Gasteiger partial charge is 0.464 e. The molecule has 22 heteroatoms. The first-order chi connectivity index (χ1) is 33.5. The van der Waals surface area contributed by atoms with Crippen LogP contribution in [0.15, 0.2) is 54.1 Å². The lowest BCUT2D eigenvalue weighted by Gasteiger charge is -2.54. The summed E-state index contributed by atoms with van der Waals surface area (Å²) in [6.45, 7) is 14.5. The van der Waals surface area contributed by atoms with Gasteiger partial charge < -0.3 is 34.1 Å². The van der Waals surface area contributed by atoms with Crippen molar-refractivity contribution in [3.8, 4) is 22.5 Å². The second-order valence-electron chi connectivity index (χ2n) is 20.6. The molecule has 4 aromatic rings. The number of cyclic esters (lactones) is 1. The number of allylic oxidation sites excluding steroid dienone is 1. The molecule has 3 saturated heterocycles. The minimum absolute atomic E-state index is 0. The Bertz CT molecular complexity index is 2650. The molecule has 0 unspecified atom stereocenters. The molecule has 5 amide bonds. The summed E-state index contributed by atoms with van der Waals surface area (Å²) < 4.78 is 26.8. The first-order valence-corrected chi connectivity index (χ1v) is 25.5. The van der Waals surface area contributed by atoms with Crippen LogP contribution < -0.4 is 10.7 Å². The number of nitrogens with one attached hydrogen (secondary N) is 2. The van der Waals surface area contributed by atoms with Gasteiger partial charge in [0.1, 0.15) is 24.8 Å². The highest BCUT2D eigenvalue weighted by Crippen LogP contribution is 2.43. The van der Waals surface area contributed by atoms with E-state index in [1.807, 2.05) is 32.2 Å². The number of thiazole rings is 1. The van der Waals surface area contributed by atoms with E-state index in [0.717, 1.165) is 44.7 Å². The smallest absolute Gasteiger partial charge is 0.324 e. The van der Waals surface area contributed by atoms with E-state index in [2.05, 4.69) is 60.3 Å². The van der Waals surface area contributed by atoms with Crippen LogP contribution >= 0.6 is 65.3 Å². The summed E-state index contributed by atoms with van der Waals surface area (Å²) in [6, 6.07) is 7.30. The lowest BCUT2D eigenvalue weighted by Crippen LogP contribution is -2.64. The summed E-state index contributed by atoms with van der Waals surface area (Å²) in [5, 5.41) is 8.12. The molecule has 6 bridgehead atoms. The van der Waals surface area contributed by atoms with Crippen molar-refractivity contribution in [2.75, 3.05) is 60.2 Å². The average Bonchev–Trinajstić information content (AvgIpc) is 3.94. The number of likely N-dealkylation sites (N-methyl/N-ethyl adjacent to an activating group) is 1. The highest BCUT2D eigenvalue weighted by Gasteiger charge is 2.48. The number of esters is 1. The number of pyridine rings is 1. The molecule has 408 valence electrons. The summed E-state index contributed by atoms with van der Waals surface area (Å²) >= 11 is 1.41. The minimum Gasteiger partial charge on any atom is -0.464 e. The summed E-state index contributed by atoms with van der Waals surface area (Å²) in [6.07, 6.45) is 7.04. The third kappa shape index (κ3) is 13.1. The van der Waals surface area contributed by atoms with Gasteiger partial charge in [0.15, 0.2) is 0 Å². The quantitative estimate of drug-likeness (QED) is 0.123. The maximum Gasteiger partial charge on any atom is 0.324 e. The molecule has 0 radical (unpaired) electrons. The van der Waals surface area contributed by atoms with E-state index in [9.17, 15) is 28.4 Å². The zero-order valence-corrected chi connectivity index (χ0v) is 48.6. The van der Waals surface area contributed by atoms with E-state index in [1.54, 1.807) is 30.2 Å². The second kappa shape index (κ2) is 26.2. The Balaban J connectivity index is 0.00000296. The van der Waals surface area contributed by atoms with Gasteiger partial charge in [0.2, 0.25) is 11.8 Å². The number of hydrogen-bond donors (Lipinski definition) is 2. The number of hydrazine groups is 1. The third-order valence-corrected chi connectivity index (χ3v) is 15.5. The highest BCUT2D eigenvalue weighted by atomic mass is 32.1. The molecule has 16 nitrogen and oxygen atoms in total. The number of aryl methyl sites for hydroxylation is 1. The summed E-state index contributed by atoms with van der Waals surface area (Å²) in [4.78, 5) is 84.5. The number of halogens is 1. The number of likely N-dealkylation sites (tertiary alicyclic amines) is 2. The number of benzene rings is 1. The molecule has 3 aromatic heterocycles. The van der Waals surface area contributed by atoms with Crippen molar-refractivity contribution >= 4 is 106 Å². The van der Waals surface area contributed by atoms with Gasteiger partial charge in [-0.3, -0.25) is 29.2 Å². The van der Waals surface area contributed by atoms with E-state index in [1.165, 1.54) is 33.4 Å². The SMILES string of the molecule is CCn1c(-c2cccnc2[C@H](C)OC)c2c3cc(ccc31)-c1csc(n1)C[C@H](NC(=O)[C@H](C(C)C)N(C)C(=O)N1CCC3(CC1)CN(C(=O)/C=C/CF)C3)C(=O)N1CCC[C@H](N1)C(=O)OCC(C)(C)C2.S.S.S.S. The van der Waals surface area contributed by atoms with Crippen molar-refractivity contribution in [2.45, 2.75) is 111 Å². The highest BCUT2D eigenvalue weighted by molar-refractivity contribution is 7.59. The Morgan fingerprint density at radius 1 is 1.05 bits per heavy atom. The molecule has 74 heavy (non-hydrogen) atoms. The molecular weight excluding hydrogens is 1040 g/mol. The Morgan fingerprint density at radius 3 is 2.43 bits per heavy atom. The van der Waals surface area contributed by atoms with Crippen molar-refractivity contribution in [3.63, 3.8) is 0 Å². The molecule has 7 heterocycles. The Kier molecular flexibility index (Phi) is 22.0. The zero-order chi connectivity index (χ0) is 50.1. The van der Waals surface area contributed by atoms with Gasteiger partial charge in [0, 0.05) is 110 Å². The van der Waals surface area contributed by atoms with Crippen LogP contribution in [0.2, 0.25) is 0 Å². The number of rotatable bonds is 10. The Hall–Kier alpha value is -4.32. The maximum atomic E-state index is 14.7. The molecule has 4 atom stereocenters. The fraction of sp³-hybridized carbons (Fsp3) is 0.558. The predicted octanol–water partition coefficient (Wildman–Crippen LogP) is 7.18. The third-order valence-electron chi connectivity index (χ3n) is 14.6. The van der Waals surface area contributed by atoms with Gasteiger partial charge >= 0.3 is 12.0 Å². The lowest BCUT2D eigenvalue weighted by molar-refractivity contribution is -0.155. The molecule has 0 aliphatic carbocycles. The van der Waals surface area contributed by atoms with Gasteiger partial charge in [0.25, 0.3) is 5.91 Å². The summed E-state index contributed by atoms with van der Waals surface area (Å²) in [5.74, 6) is -1.89. The van der Waals surface area contributed by atoms with Crippen molar-refractivity contribution in [2.24, 2.45) is 16.7 Å². The normalized spacial score (nSPS) is 20.2. The first-order valence-electron chi connectivity index (χ1n) is 24.6. The number of methoxy groups -OCH3 is 1. The summed E-state index contributed by atoms with van der Waals surface area (Å²) in [5.41, 5.74) is 9.14. The number of urea groups is 1. The van der Waals surface area contributed by atoms with Crippen molar-refractivity contribution in [1.82, 2.24) is 45.0 Å². The molecule has 1 aromatic carbocycles. The number of nitrogens with zero attached hydrogens (tertiary/aromatic N) is 7. The van der Waals surface area contributed by atoms with Gasteiger partial charge in [-0.15, -0.1) is 11.3 Å². The van der Waals surface area contributed by atoms with Crippen LogP contribution in [-0.4, -0.2) is 142 Å². The number of amides is 5. The second-order valence-corrected chi connectivity index (χ2v) is 21.5. The Labute approximate surface area is 466 Å². The molecule has 4 aliphatic rings. The lowest BCUT2D eigenvalue weighted by atomic mass is 9.72. The molecule has 8 rings (SSSR count). The molecular formula is C52H76FN9O7S5. The molecule has 4 aliphatic heterocycles. The number of alkyl halides is 1. The number of piperidine rings is 1. The minimum atomic E-state index is -1.09. The monoisotopic (exact) mass is 1120 g/mol. The topological polar surface area (TPSA) is 172 Å². The van der Waals surface area contributed by atoms with Crippen LogP contribution in [-0.2, 0) is 48.0 Å². The molecule has 2 N–H and O–H groups in total. The number of fused-ring (bicyclic) bond motifs is 6. The number of carbonyl (C=O) groups excluding carboxylic acids is 5. The van der Waals surface area contributed by atoms with Gasteiger partial charge in [-0.1, -0.05) is 33.8 Å². The van der Waals surface area contributed by atoms with Crippen LogP contribution in [0, 0.1) is 16.7 Å². The van der Waals surface area contributed by atoms with E-state index in [4.69, 9.17) is 19.4 Å². The number of ether oxygens (including phenoxy) is 2. The van der Waals surface area contributed by atoms with Crippen LogP contribution in [0.25, 0.3) is 33.4 Å². The average molecular weight is 1120 g/mol. The van der Waals surface area contributed by atoms with Gasteiger partial charge in [-0.25, -0.2) is 19.6 Å². The fourth-order valence-corrected chi connectivity index (χ4v) is 11.6. The fourth-order valence-electron chi connectivity index (χ4n) is 10.7. The first kappa shape index (κ1) is 62.2. The number of hydrogen-bond acceptors (Lipinski definition) is 11. The standard InChI is InChI=1S/C52H68FN9O7S.4H2S/c1-9-61-41-17-16-34-25-36(41)37(46(61)35-13-11-21-54-44(35)33(4)68-8)27-51(5,6)31-69-49(66)38-14-12-22-62(57-38)48(65)39(26-42-55-40(34)28-70-42)56-47(64)45(32(2)3)58(7)50(67)59-23-18-52(19-24-59)29-60(30-52)43(63)15-10-20-53;;;;/h10-11,13,15-17,21,25,28,32-33,38-39,45,57H,9,12,14,18-20,22-24,26-27,29-31H2,1-8H3,(H,56,64);4*1H2/b15-10+;;;;/t33-,38-,39-,45-;;;;/m0..../s1. The van der Waals surface area contributed by atoms with Crippen LogP contribution in [0.4, 0.5) is 9.18 Å². The zero-order valence-electron chi connectivity index (χ0n) is 43.8. The summed E-state index contributed by atoms with van der Waals surface area (Å²) in [7, 11) is 3.30. The van der Waals surface area contributed by atoms with E-state index >= 15 is 0 Å². The molecule has 0 saturated carbocycles. The number of aromatic nitrogens is 3. The van der Waals surface area contributed by atoms with Crippen molar-refractivity contribution in [1.29, 1.82) is 0 Å². The predicted molar refractivity (Wildman–Crippen MR) is 308 cm³/mol. The Morgan fingerprint density at radius 2 is 1.77 bits per heavy atom. The van der Waals surface area contributed by atoms with E-state index in [-0.39, 0.29) is 96.4 Å². The molecule has 1 spiro atoms. The van der Waals surface area contributed by atoms with Crippen LogP contribution in [0.1, 0.15) is 89.6 Å². The van der Waals surface area contributed by atoms with Crippen LogP contribution in [0.5, 0.6) is 0 Å². The van der Waals surface area contributed by atoms with Gasteiger partial charge in [0.05, 0.1) is 34.8 Å². The van der Waals surface area contributed by atoms with Crippen molar-refractivity contribution < 1.29 is 37.8 Å². The van der Waals surface area contributed by atoms with E-state index in [0.29, 0.717) is 76.4 Å².